The first-order valence-corrected chi connectivity index (χ1v) is 9.05. The molecule has 0 aromatic carbocycles. The monoisotopic (exact) mass is 270 g/mol. The highest BCUT2D eigenvalue weighted by Gasteiger charge is 2.17. The van der Waals surface area contributed by atoms with E-state index in [0.29, 0.717) is 5.41 Å². The zero-order chi connectivity index (χ0) is 14.6. The summed E-state index contributed by atoms with van der Waals surface area (Å²) in [6.07, 6.45) is 17.1. The lowest BCUT2D eigenvalue weighted by atomic mass is 9.80. The van der Waals surface area contributed by atoms with Gasteiger partial charge in [-0.25, -0.2) is 0 Å². The topological polar surface area (TPSA) is 0 Å². The van der Waals surface area contributed by atoms with E-state index in [2.05, 4.69) is 34.6 Å². The molecule has 0 aromatic rings. The largest absolute Gasteiger partial charge is 0.0654 e. The Morgan fingerprint density at radius 1 is 0.684 bits per heavy atom. The summed E-state index contributed by atoms with van der Waals surface area (Å²) in [5, 5.41) is 0. The molecule has 0 nitrogen and oxygen atoms in total. The number of hydrogen-bond acceptors (Lipinski definition) is 0. The Kier molecular flexibility index (Phi) is 11.8. The van der Waals surface area contributed by atoms with Crippen LogP contribution in [0.15, 0.2) is 0 Å². The molecule has 0 aliphatic carbocycles. The first kappa shape index (κ1) is 19.0. The first-order valence-electron chi connectivity index (χ1n) is 9.05. The summed E-state index contributed by atoms with van der Waals surface area (Å²) < 4.78 is 0. The van der Waals surface area contributed by atoms with E-state index in [4.69, 9.17) is 0 Å². The van der Waals surface area contributed by atoms with Crippen molar-refractivity contribution in [2.75, 3.05) is 0 Å². The van der Waals surface area contributed by atoms with Crippen LogP contribution in [0.1, 0.15) is 113 Å². The van der Waals surface area contributed by atoms with Crippen molar-refractivity contribution in [3.8, 4) is 0 Å². The molecule has 0 unspecified atom stereocenters. The molecule has 0 aliphatic rings. The molecule has 118 valence electrons. The zero-order valence-corrected chi connectivity index (χ0v) is 14.6. The molecule has 0 aromatic heterocycles. The van der Waals surface area contributed by atoms with Gasteiger partial charge in [-0.1, -0.05) is 98.8 Å². The van der Waals surface area contributed by atoms with Gasteiger partial charge in [-0.15, -0.1) is 0 Å². The molecule has 0 amide bonds. The second-order valence-corrected chi connectivity index (χ2v) is 7.31. The lowest BCUT2D eigenvalue weighted by Crippen LogP contribution is -2.12. The Labute approximate surface area is 125 Å². The van der Waals surface area contributed by atoms with Gasteiger partial charge in [-0.05, 0) is 24.2 Å². The van der Waals surface area contributed by atoms with Crippen molar-refractivity contribution in [3.05, 3.63) is 0 Å². The van der Waals surface area contributed by atoms with Crippen molar-refractivity contribution in [1.29, 1.82) is 0 Å². The summed E-state index contributed by atoms with van der Waals surface area (Å²) in [4.78, 5) is 0. The first-order chi connectivity index (χ1) is 9.05. The molecular formula is C19H42. The standard InChI is InChI=1S/C19H40.H2/c1-6-9-13-18(14-10-7-2)15-12-17-19(4,5)16-11-8-3;/h18H,6-17H2,1-5H3;1H. The molecule has 0 aliphatic heterocycles. The van der Waals surface area contributed by atoms with Crippen LogP contribution >= 0.6 is 0 Å². The molecule has 0 fully saturated rings. The van der Waals surface area contributed by atoms with E-state index in [1.807, 2.05) is 0 Å². The van der Waals surface area contributed by atoms with Gasteiger partial charge < -0.3 is 0 Å². The van der Waals surface area contributed by atoms with Crippen LogP contribution in [-0.4, -0.2) is 0 Å². The van der Waals surface area contributed by atoms with Crippen LogP contribution in [0.2, 0.25) is 0 Å². The Bertz CT molecular complexity index is 178. The van der Waals surface area contributed by atoms with Crippen LogP contribution in [-0.2, 0) is 0 Å². The molecule has 0 heteroatoms. The minimum atomic E-state index is 0. The number of rotatable bonds is 13. The summed E-state index contributed by atoms with van der Waals surface area (Å²) in [6.45, 7) is 11.9. The number of hydrogen-bond donors (Lipinski definition) is 0. The summed E-state index contributed by atoms with van der Waals surface area (Å²) >= 11 is 0. The van der Waals surface area contributed by atoms with E-state index in [1.165, 1.54) is 77.0 Å². The van der Waals surface area contributed by atoms with Crippen molar-refractivity contribution < 1.29 is 1.43 Å². The van der Waals surface area contributed by atoms with Crippen molar-refractivity contribution in [2.24, 2.45) is 11.3 Å². The van der Waals surface area contributed by atoms with Gasteiger partial charge in [-0.3, -0.25) is 0 Å². The van der Waals surface area contributed by atoms with Gasteiger partial charge in [0.2, 0.25) is 0 Å². The van der Waals surface area contributed by atoms with Gasteiger partial charge in [0, 0.05) is 1.43 Å². The van der Waals surface area contributed by atoms with Crippen LogP contribution in [0.5, 0.6) is 0 Å². The maximum Gasteiger partial charge on any atom is 0 e. The summed E-state index contributed by atoms with van der Waals surface area (Å²) in [7, 11) is 0. The lowest BCUT2D eigenvalue weighted by Gasteiger charge is -2.25. The highest BCUT2D eigenvalue weighted by molar-refractivity contribution is 4.70. The van der Waals surface area contributed by atoms with Crippen LogP contribution in [0.25, 0.3) is 0 Å². The molecule has 0 saturated heterocycles. The fraction of sp³-hybridized carbons (Fsp3) is 1.00. The molecule has 0 rings (SSSR count). The third kappa shape index (κ3) is 11.5. The summed E-state index contributed by atoms with van der Waals surface area (Å²) in [5.41, 5.74) is 0.579. The van der Waals surface area contributed by atoms with Crippen molar-refractivity contribution in [3.63, 3.8) is 0 Å². The van der Waals surface area contributed by atoms with Gasteiger partial charge in [0.15, 0.2) is 0 Å². The molecule has 0 spiro atoms. The Hall–Kier alpha value is 0. The van der Waals surface area contributed by atoms with E-state index in [-0.39, 0.29) is 1.43 Å². The Morgan fingerprint density at radius 2 is 1.11 bits per heavy atom. The normalized spacial score (nSPS) is 12.3. The average molecular weight is 271 g/mol. The maximum atomic E-state index is 2.47. The van der Waals surface area contributed by atoms with Gasteiger partial charge in [0.25, 0.3) is 0 Å². The molecule has 0 heterocycles. The molecule has 19 heavy (non-hydrogen) atoms. The van der Waals surface area contributed by atoms with Gasteiger partial charge in [0.05, 0.1) is 0 Å². The fourth-order valence-corrected chi connectivity index (χ4v) is 3.07. The third-order valence-electron chi connectivity index (χ3n) is 4.60. The zero-order valence-electron chi connectivity index (χ0n) is 14.6. The molecule has 0 saturated carbocycles. The molecular weight excluding hydrogens is 228 g/mol. The number of unbranched alkanes of at least 4 members (excludes halogenated alkanes) is 3. The lowest BCUT2D eigenvalue weighted by molar-refractivity contribution is 0.269. The van der Waals surface area contributed by atoms with E-state index >= 15 is 0 Å². The highest BCUT2D eigenvalue weighted by Crippen LogP contribution is 2.31. The van der Waals surface area contributed by atoms with E-state index in [1.54, 1.807) is 0 Å². The smallest absolute Gasteiger partial charge is 0 e. The predicted octanol–water partition coefficient (Wildman–Crippen LogP) is 7.62. The second-order valence-electron chi connectivity index (χ2n) is 7.31. The Morgan fingerprint density at radius 3 is 1.58 bits per heavy atom. The average Bonchev–Trinajstić information content (AvgIpc) is 2.39. The summed E-state index contributed by atoms with van der Waals surface area (Å²) in [5.74, 6) is 1.02. The van der Waals surface area contributed by atoms with Crippen molar-refractivity contribution in [1.82, 2.24) is 0 Å². The van der Waals surface area contributed by atoms with Gasteiger partial charge >= 0.3 is 0 Å². The maximum absolute atomic E-state index is 2.47. The molecule has 0 N–H and O–H groups in total. The van der Waals surface area contributed by atoms with E-state index in [0.717, 1.165) is 5.92 Å². The fourth-order valence-electron chi connectivity index (χ4n) is 3.07. The molecule has 0 bridgehead atoms. The van der Waals surface area contributed by atoms with E-state index in [9.17, 15) is 0 Å². The SMILES string of the molecule is CCCCC(CCCC)CCCC(C)(C)CCCC.[HH]. The molecule has 0 atom stereocenters. The minimum Gasteiger partial charge on any atom is -0.0654 e. The molecule has 0 radical (unpaired) electrons. The third-order valence-corrected chi connectivity index (χ3v) is 4.60. The summed E-state index contributed by atoms with van der Waals surface area (Å²) in [6, 6.07) is 0. The highest BCUT2D eigenvalue weighted by atomic mass is 14.2. The van der Waals surface area contributed by atoms with Gasteiger partial charge in [-0.2, -0.15) is 0 Å². The van der Waals surface area contributed by atoms with Gasteiger partial charge in [0.1, 0.15) is 0 Å². The van der Waals surface area contributed by atoms with Crippen LogP contribution < -0.4 is 0 Å². The van der Waals surface area contributed by atoms with E-state index < -0.39 is 0 Å². The van der Waals surface area contributed by atoms with Crippen LogP contribution in [0.3, 0.4) is 0 Å². The van der Waals surface area contributed by atoms with Crippen molar-refractivity contribution >= 4 is 0 Å². The second kappa shape index (κ2) is 11.8. The Balaban J connectivity index is 0. The predicted molar refractivity (Wildman–Crippen MR) is 91.8 cm³/mol. The quantitative estimate of drug-likeness (QED) is 0.323. The van der Waals surface area contributed by atoms with Crippen LogP contribution in [0.4, 0.5) is 0 Å². The minimum absolute atomic E-state index is 0. The van der Waals surface area contributed by atoms with Crippen LogP contribution in [0, 0.1) is 11.3 Å². The van der Waals surface area contributed by atoms with Crippen molar-refractivity contribution in [2.45, 2.75) is 112 Å².